The van der Waals surface area contributed by atoms with Crippen molar-refractivity contribution in [2.75, 3.05) is 13.1 Å². The van der Waals surface area contributed by atoms with Crippen LogP contribution in [0.2, 0.25) is 0 Å². The molecule has 2 nitrogen and oxygen atoms in total. The molecule has 2 aliphatic rings. The predicted molar refractivity (Wildman–Crippen MR) is 52.6 cm³/mol. The molecule has 1 atom stereocenters. The van der Waals surface area contributed by atoms with E-state index in [2.05, 4.69) is 18.7 Å². The summed E-state index contributed by atoms with van der Waals surface area (Å²) in [6.45, 7) is 7.03. The number of ketones is 1. The minimum Gasteiger partial charge on any atom is -0.300 e. The Morgan fingerprint density at radius 3 is 2.69 bits per heavy atom. The third-order valence-electron chi connectivity index (χ3n) is 3.44. The zero-order valence-electron chi connectivity index (χ0n) is 8.68. The zero-order valence-corrected chi connectivity index (χ0v) is 8.68. The summed E-state index contributed by atoms with van der Waals surface area (Å²) in [6.07, 6.45) is 4.03. The fourth-order valence-electron chi connectivity index (χ4n) is 2.57. The van der Waals surface area contributed by atoms with E-state index in [1.54, 1.807) is 0 Å². The molecule has 74 valence electrons. The summed E-state index contributed by atoms with van der Waals surface area (Å²) < 4.78 is 0. The summed E-state index contributed by atoms with van der Waals surface area (Å²) in [4.78, 5) is 13.7. The Balaban J connectivity index is 1.93. The summed E-state index contributed by atoms with van der Waals surface area (Å²) in [7, 11) is 0. The van der Waals surface area contributed by atoms with Gasteiger partial charge in [-0.05, 0) is 24.8 Å². The maximum absolute atomic E-state index is 11.1. The summed E-state index contributed by atoms with van der Waals surface area (Å²) in [6, 6.07) is 0.578. The van der Waals surface area contributed by atoms with E-state index in [0.717, 1.165) is 19.3 Å². The highest BCUT2D eigenvalue weighted by atomic mass is 16.1. The van der Waals surface area contributed by atoms with Gasteiger partial charge in [-0.25, -0.2) is 0 Å². The highest BCUT2D eigenvalue weighted by Crippen LogP contribution is 2.33. The van der Waals surface area contributed by atoms with Crippen molar-refractivity contribution in [3.8, 4) is 0 Å². The Morgan fingerprint density at radius 2 is 2.23 bits per heavy atom. The van der Waals surface area contributed by atoms with Crippen molar-refractivity contribution >= 4 is 5.78 Å². The van der Waals surface area contributed by atoms with E-state index < -0.39 is 0 Å². The van der Waals surface area contributed by atoms with E-state index in [9.17, 15) is 4.79 Å². The van der Waals surface area contributed by atoms with Crippen LogP contribution >= 0.6 is 0 Å². The third kappa shape index (κ3) is 1.93. The SMILES string of the molecule is CC1(C)CCN(C2CCC(=O)C2)C1. The number of hydrogen-bond acceptors (Lipinski definition) is 2. The quantitative estimate of drug-likeness (QED) is 0.615. The highest BCUT2D eigenvalue weighted by molar-refractivity contribution is 5.81. The molecular weight excluding hydrogens is 162 g/mol. The molecule has 2 rings (SSSR count). The molecule has 0 aromatic heterocycles. The van der Waals surface area contributed by atoms with Crippen LogP contribution in [-0.4, -0.2) is 29.8 Å². The molecule has 13 heavy (non-hydrogen) atoms. The maximum atomic E-state index is 11.1. The molecule has 1 saturated heterocycles. The van der Waals surface area contributed by atoms with Crippen molar-refractivity contribution in [2.24, 2.45) is 5.41 Å². The second kappa shape index (κ2) is 3.09. The van der Waals surface area contributed by atoms with E-state index in [1.807, 2.05) is 0 Å². The van der Waals surface area contributed by atoms with Gasteiger partial charge in [-0.1, -0.05) is 13.8 Å². The van der Waals surface area contributed by atoms with Gasteiger partial charge in [0.2, 0.25) is 0 Å². The Hall–Kier alpha value is -0.370. The molecule has 1 heterocycles. The van der Waals surface area contributed by atoms with Crippen molar-refractivity contribution in [1.82, 2.24) is 4.90 Å². The minimum absolute atomic E-state index is 0.467. The molecule has 1 unspecified atom stereocenters. The van der Waals surface area contributed by atoms with Crippen molar-refractivity contribution in [3.05, 3.63) is 0 Å². The van der Waals surface area contributed by atoms with Gasteiger partial charge < -0.3 is 0 Å². The molecule has 0 N–H and O–H groups in total. The van der Waals surface area contributed by atoms with Crippen LogP contribution in [0.4, 0.5) is 0 Å². The fourth-order valence-corrected chi connectivity index (χ4v) is 2.57. The zero-order chi connectivity index (χ0) is 9.47. The molecule has 1 saturated carbocycles. The fraction of sp³-hybridized carbons (Fsp3) is 0.909. The average molecular weight is 181 g/mol. The van der Waals surface area contributed by atoms with Crippen LogP contribution in [0, 0.1) is 5.41 Å². The third-order valence-corrected chi connectivity index (χ3v) is 3.44. The number of likely N-dealkylation sites (tertiary alicyclic amines) is 1. The lowest BCUT2D eigenvalue weighted by Gasteiger charge is -2.24. The van der Waals surface area contributed by atoms with Crippen LogP contribution in [0.1, 0.15) is 39.5 Å². The van der Waals surface area contributed by atoms with Gasteiger partial charge in [0, 0.05) is 25.4 Å². The Labute approximate surface area is 80.3 Å². The lowest BCUT2D eigenvalue weighted by atomic mass is 9.93. The van der Waals surface area contributed by atoms with Crippen molar-refractivity contribution in [2.45, 2.75) is 45.6 Å². The number of rotatable bonds is 1. The number of Topliss-reactive ketones (excluding diaryl/α,β-unsaturated/α-hetero) is 1. The first-order chi connectivity index (χ1) is 6.07. The van der Waals surface area contributed by atoms with Gasteiger partial charge in [0.05, 0.1) is 0 Å². The van der Waals surface area contributed by atoms with Gasteiger partial charge in [0.15, 0.2) is 0 Å². The topological polar surface area (TPSA) is 20.3 Å². The van der Waals surface area contributed by atoms with E-state index in [1.165, 1.54) is 19.5 Å². The van der Waals surface area contributed by atoms with Crippen LogP contribution in [0.3, 0.4) is 0 Å². The van der Waals surface area contributed by atoms with Crippen molar-refractivity contribution in [3.63, 3.8) is 0 Å². The average Bonchev–Trinajstić information content (AvgIpc) is 2.56. The molecule has 0 aromatic rings. The first-order valence-electron chi connectivity index (χ1n) is 5.33. The number of hydrogen-bond donors (Lipinski definition) is 0. The van der Waals surface area contributed by atoms with Gasteiger partial charge in [-0.3, -0.25) is 9.69 Å². The Morgan fingerprint density at radius 1 is 1.46 bits per heavy atom. The molecule has 0 bridgehead atoms. The van der Waals surface area contributed by atoms with Gasteiger partial charge >= 0.3 is 0 Å². The van der Waals surface area contributed by atoms with E-state index in [4.69, 9.17) is 0 Å². The highest BCUT2D eigenvalue weighted by Gasteiger charge is 2.35. The Bertz CT molecular complexity index is 222. The smallest absolute Gasteiger partial charge is 0.134 e. The van der Waals surface area contributed by atoms with Crippen LogP contribution in [0.25, 0.3) is 0 Å². The lowest BCUT2D eigenvalue weighted by Crippen LogP contribution is -2.32. The number of carbonyl (C=O) groups is 1. The van der Waals surface area contributed by atoms with E-state index in [0.29, 0.717) is 17.2 Å². The monoisotopic (exact) mass is 181 g/mol. The second-order valence-electron chi connectivity index (χ2n) is 5.32. The van der Waals surface area contributed by atoms with Gasteiger partial charge in [0.1, 0.15) is 5.78 Å². The molecule has 0 radical (unpaired) electrons. The minimum atomic E-state index is 0.467. The molecule has 0 amide bonds. The van der Waals surface area contributed by atoms with Crippen LogP contribution in [0.15, 0.2) is 0 Å². The van der Waals surface area contributed by atoms with Gasteiger partial charge in [-0.15, -0.1) is 0 Å². The Kier molecular flexibility index (Phi) is 2.18. The normalized spacial score (nSPS) is 34.3. The van der Waals surface area contributed by atoms with Gasteiger partial charge in [0.25, 0.3) is 0 Å². The summed E-state index contributed by atoms with van der Waals surface area (Å²) in [5, 5.41) is 0. The van der Waals surface area contributed by atoms with Gasteiger partial charge in [-0.2, -0.15) is 0 Å². The lowest BCUT2D eigenvalue weighted by molar-refractivity contribution is -0.117. The number of carbonyl (C=O) groups excluding carboxylic acids is 1. The van der Waals surface area contributed by atoms with Crippen LogP contribution in [-0.2, 0) is 4.79 Å². The van der Waals surface area contributed by atoms with Crippen molar-refractivity contribution < 1.29 is 4.79 Å². The largest absolute Gasteiger partial charge is 0.300 e. The first kappa shape index (κ1) is 9.20. The van der Waals surface area contributed by atoms with Crippen LogP contribution < -0.4 is 0 Å². The molecule has 1 aliphatic carbocycles. The maximum Gasteiger partial charge on any atom is 0.134 e. The molecule has 2 heteroatoms. The second-order valence-corrected chi connectivity index (χ2v) is 5.32. The summed E-state index contributed by atoms with van der Waals surface area (Å²) in [5.74, 6) is 0.467. The molecule has 2 fully saturated rings. The van der Waals surface area contributed by atoms with E-state index >= 15 is 0 Å². The van der Waals surface area contributed by atoms with Crippen LogP contribution in [0.5, 0.6) is 0 Å². The van der Waals surface area contributed by atoms with E-state index in [-0.39, 0.29) is 0 Å². The first-order valence-corrected chi connectivity index (χ1v) is 5.33. The molecule has 0 spiro atoms. The predicted octanol–water partition coefficient (Wildman–Crippen LogP) is 1.84. The summed E-state index contributed by atoms with van der Waals surface area (Å²) >= 11 is 0. The summed E-state index contributed by atoms with van der Waals surface area (Å²) in [5.41, 5.74) is 0.478. The number of nitrogens with zero attached hydrogens (tertiary/aromatic N) is 1. The standard InChI is InChI=1S/C11H19NO/c1-11(2)5-6-12(8-11)9-3-4-10(13)7-9/h9H,3-8H2,1-2H3. The molecule has 0 aromatic carbocycles. The molecule has 1 aliphatic heterocycles. The van der Waals surface area contributed by atoms with Crippen molar-refractivity contribution in [1.29, 1.82) is 0 Å². The molecular formula is C11H19NO.